The van der Waals surface area contributed by atoms with Crippen molar-refractivity contribution in [3.63, 3.8) is 0 Å². The van der Waals surface area contributed by atoms with Crippen molar-refractivity contribution in [3.05, 3.63) is 10.6 Å². The van der Waals surface area contributed by atoms with E-state index in [0.29, 0.717) is 12.0 Å². The molecule has 0 bridgehead atoms. The Morgan fingerprint density at radius 2 is 1.92 bits per heavy atom. The van der Waals surface area contributed by atoms with E-state index in [-0.39, 0.29) is 0 Å². The molecule has 2 aliphatic carbocycles. The lowest BCUT2D eigenvalue weighted by Crippen LogP contribution is -2.00. The van der Waals surface area contributed by atoms with Crippen molar-refractivity contribution in [1.29, 1.82) is 0 Å². The van der Waals surface area contributed by atoms with Crippen LogP contribution in [0.1, 0.15) is 43.5 Å². The van der Waals surface area contributed by atoms with Gasteiger partial charge in [-0.1, -0.05) is 0 Å². The van der Waals surface area contributed by atoms with Gasteiger partial charge in [-0.05, 0) is 41.6 Å². The second kappa shape index (κ2) is 2.31. The van der Waals surface area contributed by atoms with Gasteiger partial charge in [-0.2, -0.15) is 0 Å². The third kappa shape index (κ3) is 1.01. The van der Waals surface area contributed by atoms with Crippen LogP contribution in [-0.2, 0) is 0 Å². The molecule has 0 N–H and O–H groups in total. The summed E-state index contributed by atoms with van der Waals surface area (Å²) in [6, 6.07) is 0.699. The lowest BCUT2D eigenvalue weighted by molar-refractivity contribution is 0.670. The highest BCUT2D eigenvalue weighted by molar-refractivity contribution is 9.10. The standard InChI is InChI=1S/C8H10BrN3/c9-8-11-10-7(5-1-2-5)12(8)6-3-4-6/h5-6H,1-4H2. The van der Waals surface area contributed by atoms with E-state index in [9.17, 15) is 0 Å². The molecule has 0 aromatic carbocycles. The Bertz CT molecular complexity index is 312. The van der Waals surface area contributed by atoms with Crippen LogP contribution in [0.25, 0.3) is 0 Å². The average molecular weight is 228 g/mol. The van der Waals surface area contributed by atoms with Gasteiger partial charge >= 0.3 is 0 Å². The summed E-state index contributed by atoms with van der Waals surface area (Å²) in [4.78, 5) is 0. The van der Waals surface area contributed by atoms with E-state index in [0.717, 1.165) is 4.73 Å². The first-order valence-corrected chi connectivity index (χ1v) is 5.26. The summed E-state index contributed by atoms with van der Waals surface area (Å²) < 4.78 is 3.20. The van der Waals surface area contributed by atoms with Gasteiger partial charge in [0.1, 0.15) is 5.82 Å². The predicted molar refractivity (Wildman–Crippen MR) is 48.0 cm³/mol. The predicted octanol–water partition coefficient (Wildman–Crippen LogP) is 2.25. The fraction of sp³-hybridized carbons (Fsp3) is 0.750. The summed E-state index contributed by atoms with van der Waals surface area (Å²) in [5.74, 6) is 1.92. The third-order valence-corrected chi connectivity index (χ3v) is 3.08. The Morgan fingerprint density at radius 3 is 2.50 bits per heavy atom. The van der Waals surface area contributed by atoms with Crippen LogP contribution < -0.4 is 0 Å². The van der Waals surface area contributed by atoms with Gasteiger partial charge in [-0.15, -0.1) is 10.2 Å². The SMILES string of the molecule is Brc1nnc(C2CC2)n1C1CC1. The van der Waals surface area contributed by atoms with Gasteiger partial charge in [-0.3, -0.25) is 0 Å². The van der Waals surface area contributed by atoms with Gasteiger partial charge in [0.2, 0.25) is 0 Å². The van der Waals surface area contributed by atoms with Gasteiger partial charge in [0.15, 0.2) is 4.73 Å². The zero-order chi connectivity index (χ0) is 8.13. The van der Waals surface area contributed by atoms with Crippen LogP contribution in [-0.4, -0.2) is 14.8 Å². The van der Waals surface area contributed by atoms with E-state index in [1.165, 1.54) is 31.5 Å². The lowest BCUT2D eigenvalue weighted by Gasteiger charge is -2.03. The normalized spacial score (nSPS) is 23.1. The summed E-state index contributed by atoms with van der Waals surface area (Å²) in [5, 5.41) is 8.27. The molecule has 12 heavy (non-hydrogen) atoms. The highest BCUT2D eigenvalue weighted by Crippen LogP contribution is 2.45. The van der Waals surface area contributed by atoms with Crippen LogP contribution in [0.3, 0.4) is 0 Å². The van der Waals surface area contributed by atoms with E-state index in [4.69, 9.17) is 0 Å². The van der Waals surface area contributed by atoms with Crippen molar-refractivity contribution in [2.75, 3.05) is 0 Å². The first kappa shape index (κ1) is 7.06. The fourth-order valence-corrected chi connectivity index (χ4v) is 2.12. The zero-order valence-corrected chi connectivity index (χ0v) is 8.29. The summed E-state index contributed by atoms with van der Waals surface area (Å²) in [7, 11) is 0. The van der Waals surface area contributed by atoms with E-state index in [1.54, 1.807) is 0 Å². The average Bonchev–Trinajstić information content (AvgIpc) is 2.93. The van der Waals surface area contributed by atoms with Gasteiger partial charge in [-0.25, -0.2) is 0 Å². The van der Waals surface area contributed by atoms with Crippen molar-refractivity contribution in [2.24, 2.45) is 0 Å². The van der Waals surface area contributed by atoms with Crippen LogP contribution in [0, 0.1) is 0 Å². The van der Waals surface area contributed by atoms with Gasteiger partial charge in [0, 0.05) is 12.0 Å². The van der Waals surface area contributed by atoms with Crippen molar-refractivity contribution in [1.82, 2.24) is 14.8 Å². The number of hydrogen-bond donors (Lipinski definition) is 0. The third-order valence-electron chi connectivity index (χ3n) is 2.54. The quantitative estimate of drug-likeness (QED) is 0.777. The molecule has 0 spiro atoms. The molecule has 1 aromatic heterocycles. The molecule has 0 amide bonds. The van der Waals surface area contributed by atoms with Crippen LogP contribution in [0.4, 0.5) is 0 Å². The van der Waals surface area contributed by atoms with E-state index in [2.05, 4.69) is 30.7 Å². The first-order chi connectivity index (χ1) is 5.86. The minimum absolute atomic E-state index is 0.699. The highest BCUT2D eigenvalue weighted by Gasteiger charge is 2.35. The molecule has 1 heterocycles. The minimum atomic E-state index is 0.699. The molecule has 4 heteroatoms. The Balaban J connectivity index is 2.04. The molecule has 2 aliphatic rings. The fourth-order valence-electron chi connectivity index (χ4n) is 1.57. The number of halogens is 1. The van der Waals surface area contributed by atoms with Gasteiger partial charge in [0.25, 0.3) is 0 Å². The molecular formula is C8H10BrN3. The number of rotatable bonds is 2. The summed E-state index contributed by atoms with van der Waals surface area (Å²) >= 11 is 3.44. The summed E-state index contributed by atoms with van der Waals surface area (Å²) in [6.45, 7) is 0. The van der Waals surface area contributed by atoms with Crippen LogP contribution in [0.15, 0.2) is 4.73 Å². The monoisotopic (exact) mass is 227 g/mol. The molecule has 2 fully saturated rings. The number of aromatic nitrogens is 3. The van der Waals surface area contributed by atoms with Crippen molar-refractivity contribution in [3.8, 4) is 0 Å². The zero-order valence-electron chi connectivity index (χ0n) is 6.70. The largest absolute Gasteiger partial charge is 0.302 e. The molecule has 64 valence electrons. The second-order valence-corrected chi connectivity index (χ2v) is 4.41. The molecule has 0 unspecified atom stereocenters. The second-order valence-electron chi connectivity index (χ2n) is 3.70. The highest BCUT2D eigenvalue weighted by atomic mass is 79.9. The topological polar surface area (TPSA) is 30.7 Å². The lowest BCUT2D eigenvalue weighted by atomic mass is 10.4. The Labute approximate surface area is 79.3 Å². The molecular weight excluding hydrogens is 218 g/mol. The molecule has 1 aromatic rings. The minimum Gasteiger partial charge on any atom is -0.302 e. The maximum atomic E-state index is 4.21. The molecule has 2 saturated carbocycles. The Kier molecular flexibility index (Phi) is 1.36. The van der Waals surface area contributed by atoms with Crippen molar-refractivity contribution in [2.45, 2.75) is 37.6 Å². The molecule has 0 saturated heterocycles. The first-order valence-electron chi connectivity index (χ1n) is 4.46. The molecule has 3 nitrogen and oxygen atoms in total. The Morgan fingerprint density at radius 1 is 1.17 bits per heavy atom. The molecule has 0 radical (unpaired) electrons. The maximum absolute atomic E-state index is 4.21. The maximum Gasteiger partial charge on any atom is 0.200 e. The Hall–Kier alpha value is -0.380. The molecule has 0 aliphatic heterocycles. The van der Waals surface area contributed by atoms with Crippen molar-refractivity contribution < 1.29 is 0 Å². The van der Waals surface area contributed by atoms with Crippen molar-refractivity contribution >= 4 is 15.9 Å². The smallest absolute Gasteiger partial charge is 0.200 e. The van der Waals surface area contributed by atoms with Gasteiger partial charge < -0.3 is 4.57 Å². The number of hydrogen-bond acceptors (Lipinski definition) is 2. The van der Waals surface area contributed by atoms with Gasteiger partial charge in [0.05, 0.1) is 0 Å². The molecule has 0 atom stereocenters. The van der Waals surface area contributed by atoms with Crippen LogP contribution >= 0.6 is 15.9 Å². The summed E-state index contributed by atoms with van der Waals surface area (Å²) in [6.07, 6.45) is 5.21. The van der Waals surface area contributed by atoms with Crippen LogP contribution in [0.2, 0.25) is 0 Å². The summed E-state index contributed by atoms with van der Waals surface area (Å²) in [5.41, 5.74) is 0. The van der Waals surface area contributed by atoms with E-state index < -0.39 is 0 Å². The molecule has 3 rings (SSSR count). The van der Waals surface area contributed by atoms with E-state index >= 15 is 0 Å². The van der Waals surface area contributed by atoms with E-state index in [1.807, 2.05) is 0 Å². The number of nitrogens with zero attached hydrogens (tertiary/aromatic N) is 3. The van der Waals surface area contributed by atoms with Crippen LogP contribution in [0.5, 0.6) is 0 Å².